The zero-order chi connectivity index (χ0) is 22.7. The third-order valence-corrected chi connectivity index (χ3v) is 4.26. The quantitative estimate of drug-likeness (QED) is 0.146. The van der Waals surface area contributed by atoms with Gasteiger partial charge in [-0.15, -0.1) is 0 Å². The highest BCUT2D eigenvalue weighted by Crippen LogP contribution is 2.04. The second kappa shape index (κ2) is 27.3. The number of ether oxygens (including phenoxy) is 7. The van der Waals surface area contributed by atoms with Crippen LogP contribution in [-0.4, -0.2) is 91.9 Å². The van der Waals surface area contributed by atoms with Gasteiger partial charge in [0.25, 0.3) is 0 Å². The van der Waals surface area contributed by atoms with Crippen molar-refractivity contribution in [2.24, 2.45) is 0 Å². The van der Waals surface area contributed by atoms with Crippen LogP contribution in [-0.2, 0) is 38.0 Å². The number of hydrogen-bond donors (Lipinski definition) is 0. The van der Waals surface area contributed by atoms with E-state index in [9.17, 15) is 4.79 Å². The Morgan fingerprint density at radius 1 is 0.484 bits per heavy atom. The van der Waals surface area contributed by atoms with Gasteiger partial charge in [0.05, 0.1) is 85.7 Å². The summed E-state index contributed by atoms with van der Waals surface area (Å²) in [6, 6.07) is 0. The van der Waals surface area contributed by atoms with Gasteiger partial charge in [-0.25, -0.2) is 0 Å². The van der Waals surface area contributed by atoms with E-state index >= 15 is 0 Å². The van der Waals surface area contributed by atoms with Crippen molar-refractivity contribution in [1.82, 2.24) is 0 Å². The Bertz CT molecular complexity index is 354. The van der Waals surface area contributed by atoms with Crippen LogP contribution in [0.3, 0.4) is 0 Å². The van der Waals surface area contributed by atoms with Crippen LogP contribution in [0.15, 0.2) is 0 Å². The number of rotatable bonds is 26. The van der Waals surface area contributed by atoms with Crippen LogP contribution in [0.25, 0.3) is 0 Å². The molecule has 0 atom stereocenters. The van der Waals surface area contributed by atoms with E-state index in [1.54, 1.807) is 6.92 Å². The molecule has 0 fully saturated rings. The van der Waals surface area contributed by atoms with Crippen LogP contribution in [0.2, 0.25) is 0 Å². The molecule has 0 spiro atoms. The van der Waals surface area contributed by atoms with Crippen molar-refractivity contribution in [3.05, 3.63) is 0 Å². The van der Waals surface area contributed by atoms with E-state index in [4.69, 9.17) is 33.2 Å². The Kier molecular flexibility index (Phi) is 26.6. The van der Waals surface area contributed by atoms with Gasteiger partial charge in [-0.3, -0.25) is 4.79 Å². The Morgan fingerprint density at radius 3 is 1.32 bits per heavy atom. The fraction of sp³-hybridized carbons (Fsp3) is 0.957. The number of carbonyl (C=O) groups is 1. The van der Waals surface area contributed by atoms with E-state index in [1.807, 2.05) is 0 Å². The van der Waals surface area contributed by atoms with Gasteiger partial charge in [-0.1, -0.05) is 39.0 Å². The summed E-state index contributed by atoms with van der Waals surface area (Å²) in [5.74, 6) is -0.238. The van der Waals surface area contributed by atoms with Gasteiger partial charge >= 0.3 is 5.97 Å². The molecule has 0 aromatic rings. The van der Waals surface area contributed by atoms with Crippen molar-refractivity contribution in [1.29, 1.82) is 0 Å². The van der Waals surface area contributed by atoms with Crippen LogP contribution in [0.5, 0.6) is 0 Å². The molecule has 31 heavy (non-hydrogen) atoms. The maximum atomic E-state index is 11.1. The predicted octanol–water partition coefficient (Wildman–Crippen LogP) is 3.40. The molecule has 0 saturated carbocycles. The van der Waals surface area contributed by atoms with Crippen molar-refractivity contribution in [3.8, 4) is 0 Å². The summed E-state index contributed by atoms with van der Waals surface area (Å²) in [5.41, 5.74) is 0. The minimum Gasteiger partial charge on any atom is -0.466 e. The van der Waals surface area contributed by atoms with Crippen molar-refractivity contribution < 1.29 is 38.0 Å². The third kappa shape index (κ3) is 27.2. The first-order valence-electron chi connectivity index (χ1n) is 11.9. The smallest absolute Gasteiger partial charge is 0.308 e. The zero-order valence-electron chi connectivity index (χ0n) is 19.9. The van der Waals surface area contributed by atoms with Crippen LogP contribution in [0, 0.1) is 0 Å². The average Bonchev–Trinajstić information content (AvgIpc) is 2.77. The van der Waals surface area contributed by atoms with Crippen molar-refractivity contribution in [3.63, 3.8) is 0 Å². The Morgan fingerprint density at radius 2 is 0.871 bits per heavy atom. The van der Waals surface area contributed by atoms with Gasteiger partial charge in [-0.05, 0) is 13.3 Å². The lowest BCUT2D eigenvalue weighted by Crippen LogP contribution is -2.14. The lowest BCUT2D eigenvalue weighted by Gasteiger charge is -2.08. The van der Waals surface area contributed by atoms with E-state index < -0.39 is 0 Å². The molecular weight excluding hydrogens is 404 g/mol. The number of esters is 1. The predicted molar refractivity (Wildman–Crippen MR) is 120 cm³/mol. The lowest BCUT2D eigenvalue weighted by molar-refractivity contribution is -0.144. The second-order valence-corrected chi connectivity index (χ2v) is 7.00. The molecule has 186 valence electrons. The first kappa shape index (κ1) is 30.2. The number of unbranched alkanes of at least 4 members (excludes halogenated alkanes) is 5. The molecule has 0 aliphatic carbocycles. The summed E-state index contributed by atoms with van der Waals surface area (Å²) in [6.07, 6.45) is 7.96. The third-order valence-electron chi connectivity index (χ3n) is 4.26. The van der Waals surface area contributed by atoms with E-state index in [0.717, 1.165) is 13.0 Å². The fourth-order valence-corrected chi connectivity index (χ4v) is 2.57. The standard InChI is InChI=1S/C23H46O8/c1-3-5-6-7-8-9-11-25-13-15-27-17-19-29-21-22-30-20-18-28-16-14-26-12-10-23(24)31-4-2/h3-22H2,1-2H3. The summed E-state index contributed by atoms with van der Waals surface area (Å²) in [6.45, 7) is 11.0. The summed E-state index contributed by atoms with van der Waals surface area (Å²) < 4.78 is 37.4. The van der Waals surface area contributed by atoms with Gasteiger partial charge in [-0.2, -0.15) is 0 Å². The molecule has 8 nitrogen and oxygen atoms in total. The molecule has 0 unspecified atom stereocenters. The Hall–Kier alpha value is -0.770. The summed E-state index contributed by atoms with van der Waals surface area (Å²) in [4.78, 5) is 11.1. The molecule has 0 bridgehead atoms. The highest BCUT2D eigenvalue weighted by Gasteiger charge is 2.00. The molecule has 0 aliphatic rings. The van der Waals surface area contributed by atoms with Gasteiger partial charge < -0.3 is 33.2 Å². The highest BCUT2D eigenvalue weighted by atomic mass is 16.6. The van der Waals surface area contributed by atoms with E-state index in [1.165, 1.54) is 32.1 Å². The minimum atomic E-state index is -0.238. The highest BCUT2D eigenvalue weighted by molar-refractivity contribution is 5.69. The van der Waals surface area contributed by atoms with Gasteiger partial charge in [0.2, 0.25) is 0 Å². The SMILES string of the molecule is CCCCCCCCOCCOCCOCCOCCOCCOCCC(=O)OCC. The Labute approximate surface area is 189 Å². The monoisotopic (exact) mass is 450 g/mol. The van der Waals surface area contributed by atoms with Crippen LogP contribution >= 0.6 is 0 Å². The molecule has 0 N–H and O–H groups in total. The molecule has 0 aliphatic heterocycles. The van der Waals surface area contributed by atoms with E-state index in [-0.39, 0.29) is 12.4 Å². The van der Waals surface area contributed by atoms with Crippen molar-refractivity contribution in [2.75, 3.05) is 85.9 Å². The first-order valence-corrected chi connectivity index (χ1v) is 11.9. The summed E-state index contributed by atoms with van der Waals surface area (Å²) in [7, 11) is 0. The van der Waals surface area contributed by atoms with Gasteiger partial charge in [0, 0.05) is 6.61 Å². The van der Waals surface area contributed by atoms with Crippen molar-refractivity contribution in [2.45, 2.75) is 58.8 Å². The largest absolute Gasteiger partial charge is 0.466 e. The number of carbonyl (C=O) groups excluding carboxylic acids is 1. The van der Waals surface area contributed by atoms with E-state index in [2.05, 4.69) is 6.92 Å². The van der Waals surface area contributed by atoms with Crippen LogP contribution in [0.1, 0.15) is 58.8 Å². The molecule has 0 aromatic heterocycles. The average molecular weight is 451 g/mol. The Balaban J connectivity index is 3.03. The molecule has 0 amide bonds. The topological polar surface area (TPSA) is 81.7 Å². The van der Waals surface area contributed by atoms with Crippen molar-refractivity contribution >= 4 is 5.97 Å². The lowest BCUT2D eigenvalue weighted by atomic mass is 10.1. The van der Waals surface area contributed by atoms with Crippen LogP contribution < -0.4 is 0 Å². The maximum absolute atomic E-state index is 11.1. The fourth-order valence-electron chi connectivity index (χ4n) is 2.57. The van der Waals surface area contributed by atoms with Crippen LogP contribution in [0.4, 0.5) is 0 Å². The molecule has 0 rings (SSSR count). The summed E-state index contributed by atoms with van der Waals surface area (Å²) in [5, 5.41) is 0. The molecule has 0 heterocycles. The molecule has 0 aromatic carbocycles. The minimum absolute atomic E-state index is 0.238. The summed E-state index contributed by atoms with van der Waals surface area (Å²) >= 11 is 0. The molecular formula is C23H46O8. The normalized spacial score (nSPS) is 11.2. The molecule has 0 radical (unpaired) electrons. The first-order chi connectivity index (χ1) is 15.3. The molecule has 8 heteroatoms. The van der Waals surface area contributed by atoms with E-state index in [0.29, 0.717) is 79.3 Å². The number of hydrogen-bond acceptors (Lipinski definition) is 8. The zero-order valence-corrected chi connectivity index (χ0v) is 19.9. The maximum Gasteiger partial charge on any atom is 0.308 e. The van der Waals surface area contributed by atoms with Gasteiger partial charge in [0.15, 0.2) is 0 Å². The second-order valence-electron chi connectivity index (χ2n) is 7.00. The molecule has 0 saturated heterocycles. The van der Waals surface area contributed by atoms with Gasteiger partial charge in [0.1, 0.15) is 0 Å².